The van der Waals surface area contributed by atoms with Crippen molar-refractivity contribution in [3.05, 3.63) is 71.8 Å². The van der Waals surface area contributed by atoms with Crippen LogP contribution in [0.4, 0.5) is 5.69 Å². The molecule has 0 radical (unpaired) electrons. The van der Waals surface area contributed by atoms with E-state index in [1.165, 1.54) is 0 Å². The van der Waals surface area contributed by atoms with E-state index in [4.69, 9.17) is 41.6 Å². The molecule has 1 aliphatic heterocycles. The molecule has 0 spiro atoms. The number of amides is 1. The van der Waals surface area contributed by atoms with Crippen molar-refractivity contribution in [3.63, 3.8) is 0 Å². The maximum absolute atomic E-state index is 13.1. The van der Waals surface area contributed by atoms with Gasteiger partial charge in [0.05, 0.1) is 32.4 Å². The molecule has 2 fully saturated rings. The van der Waals surface area contributed by atoms with Crippen LogP contribution in [-0.2, 0) is 9.59 Å². The summed E-state index contributed by atoms with van der Waals surface area (Å²) in [7, 11) is 3.14. The number of rotatable bonds is 10. The zero-order valence-electron chi connectivity index (χ0n) is 25.2. The number of aliphatic carboxylic acids is 1. The molecular weight excluding hydrogens is 574 g/mol. The Morgan fingerprint density at radius 2 is 1.40 bits per heavy atom. The van der Waals surface area contributed by atoms with Crippen LogP contribution in [0.5, 0.6) is 28.7 Å². The van der Waals surface area contributed by atoms with E-state index < -0.39 is 5.97 Å². The Hall–Kier alpha value is -5.28. The molecule has 1 heterocycles. The molecule has 9 nitrogen and oxygen atoms in total. The van der Waals surface area contributed by atoms with Gasteiger partial charge in [-0.1, -0.05) is 36.1 Å². The normalized spacial score (nSPS) is 20.4. The monoisotopic (exact) mass is 609 g/mol. The fourth-order valence-electron chi connectivity index (χ4n) is 5.58. The molecule has 9 heteroatoms. The number of hydrogen-bond donors (Lipinski definition) is 1. The summed E-state index contributed by atoms with van der Waals surface area (Å²) in [5.74, 6) is 7.41. The molecule has 1 amide bonds. The van der Waals surface area contributed by atoms with Crippen LogP contribution < -0.4 is 28.6 Å². The highest BCUT2D eigenvalue weighted by Gasteiger charge is 2.47. The molecule has 6 rings (SSSR count). The topological polar surface area (TPSA) is 104 Å². The van der Waals surface area contributed by atoms with E-state index in [-0.39, 0.29) is 42.8 Å². The maximum atomic E-state index is 13.1. The molecule has 4 atom stereocenters. The number of carbonyl (C=O) groups excluding carboxylic acids is 1. The Bertz CT molecular complexity index is 1640. The third-order valence-corrected chi connectivity index (χ3v) is 8.06. The Labute approximate surface area is 263 Å². The molecule has 3 aliphatic rings. The van der Waals surface area contributed by atoms with Gasteiger partial charge >= 0.3 is 5.97 Å². The third-order valence-electron chi connectivity index (χ3n) is 8.06. The van der Waals surface area contributed by atoms with Crippen LogP contribution in [0, 0.1) is 36.5 Å². The average Bonchev–Trinajstić information content (AvgIpc) is 4.01. The van der Waals surface area contributed by atoms with Gasteiger partial charge in [0.15, 0.2) is 23.0 Å². The quantitative estimate of drug-likeness (QED) is 0.316. The molecule has 1 N–H and O–H groups in total. The summed E-state index contributed by atoms with van der Waals surface area (Å²) in [6.07, 6.45) is 11.9. The molecule has 4 unspecified atom stereocenters. The average molecular weight is 610 g/mol. The molecule has 0 saturated heterocycles. The molecule has 2 saturated carbocycles. The number of methoxy groups -OCH3 is 2. The summed E-state index contributed by atoms with van der Waals surface area (Å²) in [6, 6.07) is 18.9. The van der Waals surface area contributed by atoms with Crippen LogP contribution >= 0.6 is 0 Å². The second-order valence-electron chi connectivity index (χ2n) is 10.8. The van der Waals surface area contributed by atoms with Gasteiger partial charge in [-0.2, -0.15) is 0 Å². The zero-order chi connectivity index (χ0) is 31.9. The van der Waals surface area contributed by atoms with Gasteiger partial charge in [0.1, 0.15) is 25.6 Å². The number of fused-ring (bicyclic) bond motifs is 1. The van der Waals surface area contributed by atoms with E-state index in [1.807, 2.05) is 59.5 Å². The van der Waals surface area contributed by atoms with Crippen LogP contribution in [0.2, 0.25) is 0 Å². The summed E-state index contributed by atoms with van der Waals surface area (Å²) >= 11 is 0. The van der Waals surface area contributed by atoms with Gasteiger partial charge in [0.25, 0.3) is 0 Å². The predicted molar refractivity (Wildman–Crippen MR) is 168 cm³/mol. The summed E-state index contributed by atoms with van der Waals surface area (Å²) < 4.78 is 27.1. The van der Waals surface area contributed by atoms with Gasteiger partial charge in [-0.15, -0.1) is 12.8 Å². The number of ether oxygens (including phenoxy) is 5. The summed E-state index contributed by atoms with van der Waals surface area (Å²) in [5.41, 5.74) is 2.90. The van der Waals surface area contributed by atoms with Crippen molar-refractivity contribution >= 4 is 17.6 Å². The molecule has 0 bridgehead atoms. The first-order valence-corrected chi connectivity index (χ1v) is 14.6. The lowest BCUT2D eigenvalue weighted by atomic mass is 10.1. The van der Waals surface area contributed by atoms with Crippen molar-refractivity contribution in [2.24, 2.45) is 11.8 Å². The number of carboxylic acids is 1. The van der Waals surface area contributed by atoms with Gasteiger partial charge in [-0.25, -0.2) is 0 Å². The predicted octanol–water partition coefficient (Wildman–Crippen LogP) is 5.13. The summed E-state index contributed by atoms with van der Waals surface area (Å²) in [6.45, 7) is 1.48. The highest BCUT2D eigenvalue weighted by Crippen LogP contribution is 2.51. The fraction of sp³-hybridized carbons (Fsp3) is 0.333. The van der Waals surface area contributed by atoms with E-state index in [2.05, 4.69) is 11.8 Å². The van der Waals surface area contributed by atoms with Crippen molar-refractivity contribution in [3.8, 4) is 53.4 Å². The fourth-order valence-corrected chi connectivity index (χ4v) is 5.58. The van der Waals surface area contributed by atoms with Crippen LogP contribution in [0.1, 0.15) is 35.8 Å². The summed E-state index contributed by atoms with van der Waals surface area (Å²) in [4.78, 5) is 25.7. The van der Waals surface area contributed by atoms with Gasteiger partial charge in [-0.05, 0) is 72.2 Å². The molecule has 3 aromatic carbocycles. The molecular formula is C36H35NO8. The number of terminal acetylenes is 2. The smallest absolute Gasteiger partial charge is 0.307 e. The lowest BCUT2D eigenvalue weighted by Crippen LogP contribution is -2.39. The zero-order valence-corrected chi connectivity index (χ0v) is 25.2. The van der Waals surface area contributed by atoms with Crippen molar-refractivity contribution < 1.29 is 38.4 Å². The van der Waals surface area contributed by atoms with Crippen molar-refractivity contribution in [1.29, 1.82) is 0 Å². The first-order chi connectivity index (χ1) is 21.9. The van der Waals surface area contributed by atoms with Crippen LogP contribution in [0.15, 0.2) is 60.7 Å². The SMILES string of the molecule is C#CCOc1ccc(C2CC2C(=O)N2CCOc3ccccc32)cc1OC.C#CCOc1ccc(C2CC2C(=O)O)cc1OC. The molecule has 3 aromatic rings. The first-order valence-electron chi connectivity index (χ1n) is 14.6. The Morgan fingerprint density at radius 1 is 0.844 bits per heavy atom. The number of para-hydroxylation sites is 2. The minimum absolute atomic E-state index is 0.0154. The highest BCUT2D eigenvalue weighted by atomic mass is 16.5. The molecule has 2 aliphatic carbocycles. The molecule has 45 heavy (non-hydrogen) atoms. The Balaban J connectivity index is 0.000000194. The number of benzene rings is 3. The molecule has 0 aromatic heterocycles. The van der Waals surface area contributed by atoms with Gasteiger partial charge in [-0.3, -0.25) is 9.59 Å². The van der Waals surface area contributed by atoms with Crippen molar-refractivity contribution in [2.75, 3.05) is 45.5 Å². The van der Waals surface area contributed by atoms with E-state index in [0.29, 0.717) is 42.6 Å². The number of anilines is 1. The van der Waals surface area contributed by atoms with Crippen molar-refractivity contribution in [2.45, 2.75) is 24.7 Å². The number of carbonyl (C=O) groups is 2. The number of nitrogens with zero attached hydrogens (tertiary/aromatic N) is 1. The van der Waals surface area contributed by atoms with Gasteiger partial charge < -0.3 is 33.7 Å². The van der Waals surface area contributed by atoms with Gasteiger partial charge in [0.2, 0.25) is 5.91 Å². The lowest BCUT2D eigenvalue weighted by Gasteiger charge is -2.29. The second-order valence-corrected chi connectivity index (χ2v) is 10.8. The maximum Gasteiger partial charge on any atom is 0.307 e. The highest BCUT2D eigenvalue weighted by molar-refractivity contribution is 5.99. The number of carboxylic acid groups (broad SMARTS) is 1. The van der Waals surface area contributed by atoms with E-state index in [9.17, 15) is 9.59 Å². The number of hydrogen-bond acceptors (Lipinski definition) is 7. The Morgan fingerprint density at radius 3 is 1.93 bits per heavy atom. The first kappa shape index (κ1) is 31.2. The summed E-state index contributed by atoms with van der Waals surface area (Å²) in [5, 5.41) is 8.90. The Kier molecular flexibility index (Phi) is 9.70. The minimum Gasteiger partial charge on any atom is -0.493 e. The van der Waals surface area contributed by atoms with Crippen LogP contribution in [0.3, 0.4) is 0 Å². The standard InChI is InChI=1S/C22H21NO4.C14H14O4/c1-3-11-26-20-9-8-15(13-21(20)25-2)16-14-17(16)22(24)23-10-12-27-19-7-5-4-6-18(19)23;1-3-6-18-12-5-4-9(7-13(12)17-2)10-8-11(10)14(15)16/h1,4-9,13,16-17H,10-12,14H2,2H3;1,4-5,7,10-11H,6,8H2,2H3,(H,15,16). The van der Waals surface area contributed by atoms with E-state index >= 15 is 0 Å². The lowest BCUT2D eigenvalue weighted by molar-refractivity contribution is -0.138. The minimum atomic E-state index is -0.744. The van der Waals surface area contributed by atoms with E-state index in [1.54, 1.807) is 20.3 Å². The molecule has 232 valence electrons. The van der Waals surface area contributed by atoms with Crippen LogP contribution in [-0.4, -0.2) is 57.6 Å². The van der Waals surface area contributed by atoms with Gasteiger partial charge in [0, 0.05) is 5.92 Å². The third kappa shape index (κ3) is 7.11. The van der Waals surface area contributed by atoms with Crippen molar-refractivity contribution in [1.82, 2.24) is 0 Å². The largest absolute Gasteiger partial charge is 0.493 e. The second kappa shape index (κ2) is 14.0. The van der Waals surface area contributed by atoms with Crippen LogP contribution in [0.25, 0.3) is 0 Å². The van der Waals surface area contributed by atoms with E-state index in [0.717, 1.165) is 29.0 Å².